The average Bonchev–Trinajstić information content (AvgIpc) is 3.02. The van der Waals surface area contributed by atoms with Crippen molar-refractivity contribution in [2.75, 3.05) is 71.9 Å². The topological polar surface area (TPSA) is 124 Å². The number of amides is 1. The van der Waals surface area contributed by atoms with Gasteiger partial charge < -0.3 is 29.0 Å². The number of carbonyl (C=O) groups excluding carboxylic acids is 1. The smallest absolute Gasteiger partial charge is 0.264 e. The van der Waals surface area contributed by atoms with E-state index in [1.165, 1.54) is 44.6 Å². The van der Waals surface area contributed by atoms with Crippen LogP contribution in [-0.2, 0) is 33.8 Å². The number of anilines is 1. The monoisotopic (exact) mass is 652 g/mol. The maximum Gasteiger partial charge on any atom is 0.264 e. The molecule has 0 aromatic heterocycles. The Morgan fingerprint density at radius 2 is 1.29 bits per heavy atom. The van der Waals surface area contributed by atoms with E-state index in [1.54, 1.807) is 12.1 Å². The number of aliphatic hydroxyl groups is 1. The molecule has 0 heterocycles. The van der Waals surface area contributed by atoms with E-state index in [0.29, 0.717) is 38.2 Å². The van der Waals surface area contributed by atoms with Crippen molar-refractivity contribution >= 4 is 32.4 Å². The second-order valence-corrected chi connectivity index (χ2v) is 13.0. The number of ether oxygens (including phenoxy) is 4. The van der Waals surface area contributed by atoms with Gasteiger partial charge in [-0.25, -0.2) is 13.1 Å². The maximum absolute atomic E-state index is 13.5. The van der Waals surface area contributed by atoms with Crippen molar-refractivity contribution in [2.24, 2.45) is 0 Å². The minimum atomic E-state index is -4.15. The first-order valence-electron chi connectivity index (χ1n) is 16.5. The number of nitrogens with one attached hydrogen (secondary N) is 1. The minimum absolute atomic E-state index is 0.0198. The Hall–Kier alpha value is -2.28. The zero-order valence-electron chi connectivity index (χ0n) is 27.6. The van der Waals surface area contributed by atoms with Crippen molar-refractivity contribution in [1.29, 1.82) is 0 Å². The molecular weight excluding hydrogens is 596 g/mol. The van der Waals surface area contributed by atoms with Crippen molar-refractivity contribution in [2.45, 2.75) is 88.6 Å². The van der Waals surface area contributed by atoms with E-state index in [9.17, 15) is 13.2 Å². The van der Waals surface area contributed by atoms with E-state index in [4.69, 9.17) is 24.1 Å². The van der Waals surface area contributed by atoms with Crippen LogP contribution >= 0.6 is 0 Å². The van der Waals surface area contributed by atoms with Crippen molar-refractivity contribution in [3.8, 4) is 0 Å². The Bertz CT molecular complexity index is 1190. The molecule has 2 aromatic carbocycles. The lowest BCUT2D eigenvalue weighted by Gasteiger charge is -2.19. The summed E-state index contributed by atoms with van der Waals surface area (Å²) in [6.45, 7) is 4.42. The highest BCUT2D eigenvalue weighted by Gasteiger charge is 2.26. The Labute approximate surface area is 270 Å². The van der Waals surface area contributed by atoms with Gasteiger partial charge >= 0.3 is 0 Å². The zero-order chi connectivity index (χ0) is 32.8. The van der Waals surface area contributed by atoms with Crippen molar-refractivity contribution in [3.05, 3.63) is 36.4 Å². The molecule has 0 bridgehead atoms. The number of sulfonamides is 1. The summed E-state index contributed by atoms with van der Waals surface area (Å²) in [5, 5.41) is 10.0. The predicted octanol–water partition coefficient (Wildman–Crippen LogP) is 5.45. The first-order chi connectivity index (χ1) is 21.8. The molecule has 0 aliphatic carbocycles. The minimum Gasteiger partial charge on any atom is -0.394 e. The van der Waals surface area contributed by atoms with Gasteiger partial charge in [0.25, 0.3) is 15.9 Å². The largest absolute Gasteiger partial charge is 0.394 e. The van der Waals surface area contributed by atoms with Crippen molar-refractivity contribution < 1.29 is 37.3 Å². The van der Waals surface area contributed by atoms with E-state index in [-0.39, 0.29) is 31.3 Å². The standard InChI is InChI=1S/C34H56N2O8S/c1-4-5-6-7-8-9-10-11-12-13-19-32(44-28-27-43-26-25-42-24-23-41-22-21-37)34(38)35-45(39,40)33-20-15-16-29-30(33)17-14-18-31(29)36(2)3/h14-18,20,32,37H,4-13,19,21-28H2,1-3H3,(H,35,38). The number of rotatable bonds is 27. The highest BCUT2D eigenvalue weighted by Crippen LogP contribution is 2.30. The summed E-state index contributed by atoms with van der Waals surface area (Å²) >= 11 is 0. The summed E-state index contributed by atoms with van der Waals surface area (Å²) in [5.74, 6) is -0.669. The Kier molecular flexibility index (Phi) is 20.0. The number of unbranched alkanes of at least 4 members (excludes halogenated alkanes) is 9. The van der Waals surface area contributed by atoms with E-state index in [0.717, 1.165) is 36.8 Å². The van der Waals surface area contributed by atoms with Gasteiger partial charge in [0, 0.05) is 30.6 Å². The van der Waals surface area contributed by atoms with Gasteiger partial charge in [0.1, 0.15) is 6.10 Å². The van der Waals surface area contributed by atoms with Crippen LogP contribution in [0.4, 0.5) is 5.69 Å². The van der Waals surface area contributed by atoms with Crippen LogP contribution in [0.25, 0.3) is 10.8 Å². The number of hydrogen-bond donors (Lipinski definition) is 2. The predicted molar refractivity (Wildman–Crippen MR) is 179 cm³/mol. The number of nitrogens with zero attached hydrogens (tertiary/aromatic N) is 1. The fraction of sp³-hybridized carbons (Fsp3) is 0.676. The number of benzene rings is 2. The molecule has 0 saturated heterocycles. The van der Waals surface area contributed by atoms with Gasteiger partial charge in [-0.05, 0) is 18.6 Å². The molecule has 0 radical (unpaired) electrons. The fourth-order valence-corrected chi connectivity index (χ4v) is 6.34. The Morgan fingerprint density at radius 3 is 1.89 bits per heavy atom. The molecule has 11 heteroatoms. The lowest BCUT2D eigenvalue weighted by molar-refractivity contribution is -0.132. The summed E-state index contributed by atoms with van der Waals surface area (Å²) in [4.78, 5) is 15.3. The van der Waals surface area contributed by atoms with Crippen LogP contribution in [0, 0.1) is 0 Å². The summed E-state index contributed by atoms with van der Waals surface area (Å²) in [6, 6.07) is 10.6. The third kappa shape index (κ3) is 15.2. The van der Waals surface area contributed by atoms with Crippen LogP contribution < -0.4 is 9.62 Å². The van der Waals surface area contributed by atoms with Gasteiger partial charge in [-0.15, -0.1) is 0 Å². The zero-order valence-corrected chi connectivity index (χ0v) is 28.5. The third-order valence-corrected chi connectivity index (χ3v) is 8.91. The molecule has 2 rings (SSSR count). The normalized spacial score (nSPS) is 12.4. The summed E-state index contributed by atoms with van der Waals surface area (Å²) in [6.07, 6.45) is 11.1. The number of aliphatic hydroxyl groups excluding tert-OH is 1. The van der Waals surface area contributed by atoms with Crippen LogP contribution in [0.1, 0.15) is 77.6 Å². The second-order valence-electron chi connectivity index (χ2n) is 11.4. The van der Waals surface area contributed by atoms with Gasteiger partial charge in [0.15, 0.2) is 0 Å². The summed E-state index contributed by atoms with van der Waals surface area (Å²) < 4.78 is 51.2. The van der Waals surface area contributed by atoms with Crippen LogP contribution in [0.5, 0.6) is 0 Å². The molecule has 2 aromatic rings. The number of carbonyl (C=O) groups is 1. The molecule has 0 saturated carbocycles. The first-order valence-corrected chi connectivity index (χ1v) is 18.0. The molecular formula is C34H56N2O8S. The van der Waals surface area contributed by atoms with Gasteiger partial charge in [0.2, 0.25) is 0 Å². The molecule has 2 N–H and O–H groups in total. The first kappa shape index (κ1) is 38.9. The molecule has 1 unspecified atom stereocenters. The summed E-state index contributed by atoms with van der Waals surface area (Å²) in [7, 11) is -0.344. The average molecular weight is 653 g/mol. The molecule has 0 aliphatic rings. The number of fused-ring (bicyclic) bond motifs is 1. The molecule has 0 aliphatic heterocycles. The molecule has 10 nitrogen and oxygen atoms in total. The number of hydrogen-bond acceptors (Lipinski definition) is 9. The van der Waals surface area contributed by atoms with Gasteiger partial charge in [-0.3, -0.25) is 4.79 Å². The quantitative estimate of drug-likeness (QED) is 0.121. The Balaban J connectivity index is 1.92. The highest BCUT2D eigenvalue weighted by molar-refractivity contribution is 7.90. The lowest BCUT2D eigenvalue weighted by atomic mass is 10.0. The third-order valence-electron chi connectivity index (χ3n) is 7.50. The molecule has 0 fully saturated rings. The van der Waals surface area contributed by atoms with Crippen LogP contribution in [0.2, 0.25) is 0 Å². The lowest BCUT2D eigenvalue weighted by Crippen LogP contribution is -2.40. The fourth-order valence-electron chi connectivity index (χ4n) is 5.11. The maximum atomic E-state index is 13.5. The van der Waals surface area contributed by atoms with E-state index >= 15 is 0 Å². The molecule has 45 heavy (non-hydrogen) atoms. The van der Waals surface area contributed by atoms with Crippen LogP contribution in [-0.4, -0.2) is 92.5 Å². The van der Waals surface area contributed by atoms with Crippen LogP contribution in [0.3, 0.4) is 0 Å². The van der Waals surface area contributed by atoms with E-state index in [2.05, 4.69) is 11.6 Å². The Morgan fingerprint density at radius 1 is 0.756 bits per heavy atom. The van der Waals surface area contributed by atoms with E-state index in [1.807, 2.05) is 37.2 Å². The van der Waals surface area contributed by atoms with Gasteiger partial charge in [0.05, 0.1) is 57.8 Å². The molecule has 1 atom stereocenters. The molecule has 0 spiro atoms. The van der Waals surface area contributed by atoms with Crippen molar-refractivity contribution in [3.63, 3.8) is 0 Å². The second kappa shape index (κ2) is 23.1. The SMILES string of the molecule is CCCCCCCCCCCCC(OCCOCCOCCOCCO)C(=O)NS(=O)(=O)c1cccc2c(N(C)C)cccc12. The summed E-state index contributed by atoms with van der Waals surface area (Å²) in [5.41, 5.74) is 0.887. The molecule has 1 amide bonds. The van der Waals surface area contributed by atoms with Crippen LogP contribution in [0.15, 0.2) is 41.3 Å². The van der Waals surface area contributed by atoms with Gasteiger partial charge in [-0.2, -0.15) is 0 Å². The highest BCUT2D eigenvalue weighted by atomic mass is 32.2. The van der Waals surface area contributed by atoms with E-state index < -0.39 is 22.0 Å². The molecule has 256 valence electrons. The van der Waals surface area contributed by atoms with Gasteiger partial charge in [-0.1, -0.05) is 95.4 Å². The van der Waals surface area contributed by atoms with Crippen molar-refractivity contribution in [1.82, 2.24) is 4.72 Å².